The molecule has 0 saturated heterocycles. The van der Waals surface area contributed by atoms with E-state index in [4.69, 9.17) is 5.73 Å². The third-order valence-corrected chi connectivity index (χ3v) is 1.83. The molecule has 1 heterocycles. The van der Waals surface area contributed by atoms with Crippen molar-refractivity contribution in [3.63, 3.8) is 0 Å². The zero-order valence-corrected chi connectivity index (χ0v) is 8.29. The Hall–Kier alpha value is -1.42. The van der Waals surface area contributed by atoms with E-state index in [1.54, 1.807) is 18.3 Å². The fraction of sp³-hybridized carbons (Fsp3) is 0.400. The van der Waals surface area contributed by atoms with Crippen LogP contribution in [0.1, 0.15) is 29.4 Å². The molecule has 1 aromatic heterocycles. The first-order valence-electron chi connectivity index (χ1n) is 4.71. The number of hydrogen-bond acceptors (Lipinski definition) is 3. The molecule has 0 saturated carbocycles. The van der Waals surface area contributed by atoms with Crippen molar-refractivity contribution in [2.24, 2.45) is 5.73 Å². The average Bonchev–Trinajstić information content (AvgIpc) is 2.26. The number of carbonyl (C=O) groups excluding carboxylic acids is 1. The normalized spacial score (nSPS) is 9.86. The lowest BCUT2D eigenvalue weighted by Gasteiger charge is -2.03. The van der Waals surface area contributed by atoms with Crippen LogP contribution >= 0.6 is 0 Å². The highest BCUT2D eigenvalue weighted by Gasteiger charge is 2.05. The van der Waals surface area contributed by atoms with E-state index >= 15 is 0 Å². The van der Waals surface area contributed by atoms with Gasteiger partial charge in [-0.05, 0) is 24.1 Å². The van der Waals surface area contributed by atoms with Crippen molar-refractivity contribution in [3.8, 4) is 0 Å². The highest BCUT2D eigenvalue weighted by molar-refractivity contribution is 5.92. The number of amides is 1. The number of nitrogens with zero attached hydrogens (tertiary/aromatic N) is 1. The summed E-state index contributed by atoms with van der Waals surface area (Å²) in [6.45, 7) is 3.11. The largest absolute Gasteiger partial charge is 0.351 e. The lowest BCUT2D eigenvalue weighted by atomic mass is 10.2. The van der Waals surface area contributed by atoms with E-state index < -0.39 is 0 Å². The number of nitrogens with two attached hydrogens (primary N) is 1. The van der Waals surface area contributed by atoms with Crippen molar-refractivity contribution in [2.75, 3.05) is 6.54 Å². The Morgan fingerprint density at radius 3 is 3.07 bits per heavy atom. The topological polar surface area (TPSA) is 68.0 Å². The van der Waals surface area contributed by atoms with Crippen LogP contribution in [0.4, 0.5) is 0 Å². The maximum atomic E-state index is 11.5. The first kappa shape index (κ1) is 10.7. The van der Waals surface area contributed by atoms with Crippen LogP contribution in [0.3, 0.4) is 0 Å². The zero-order chi connectivity index (χ0) is 10.4. The second kappa shape index (κ2) is 5.34. The van der Waals surface area contributed by atoms with Crippen LogP contribution in [-0.4, -0.2) is 17.4 Å². The minimum Gasteiger partial charge on any atom is -0.351 e. The third-order valence-electron chi connectivity index (χ3n) is 1.83. The predicted molar refractivity (Wildman–Crippen MR) is 54.8 cm³/mol. The van der Waals surface area contributed by atoms with Gasteiger partial charge in [0.1, 0.15) is 5.69 Å². The second-order valence-electron chi connectivity index (χ2n) is 3.01. The molecule has 0 radical (unpaired) electrons. The molecule has 1 rings (SSSR count). The van der Waals surface area contributed by atoms with Crippen LogP contribution in [0.25, 0.3) is 0 Å². The van der Waals surface area contributed by atoms with Gasteiger partial charge < -0.3 is 11.1 Å². The monoisotopic (exact) mass is 193 g/mol. The highest BCUT2D eigenvalue weighted by atomic mass is 16.1. The number of pyridine rings is 1. The van der Waals surface area contributed by atoms with Crippen LogP contribution in [0.2, 0.25) is 0 Å². The summed E-state index contributed by atoms with van der Waals surface area (Å²) in [6, 6.07) is 3.52. The molecule has 14 heavy (non-hydrogen) atoms. The van der Waals surface area contributed by atoms with Gasteiger partial charge in [0, 0.05) is 19.3 Å². The molecule has 0 aliphatic carbocycles. The molecule has 0 fully saturated rings. The standard InChI is InChI=1S/C10H15N3O/c1-2-4-13-10(14)9-6-8(7-11)3-5-12-9/h3,5-6H,2,4,7,11H2,1H3,(H,13,14). The van der Waals surface area contributed by atoms with Crippen LogP contribution in [-0.2, 0) is 6.54 Å². The molecule has 4 heteroatoms. The number of carbonyl (C=O) groups is 1. The Kier molecular flexibility index (Phi) is 4.07. The summed E-state index contributed by atoms with van der Waals surface area (Å²) in [4.78, 5) is 15.4. The van der Waals surface area contributed by atoms with E-state index in [0.717, 1.165) is 12.0 Å². The van der Waals surface area contributed by atoms with E-state index in [1.807, 2.05) is 6.92 Å². The van der Waals surface area contributed by atoms with Gasteiger partial charge in [-0.15, -0.1) is 0 Å². The highest BCUT2D eigenvalue weighted by Crippen LogP contribution is 2.00. The van der Waals surface area contributed by atoms with E-state index in [2.05, 4.69) is 10.3 Å². The Morgan fingerprint density at radius 1 is 1.64 bits per heavy atom. The third kappa shape index (κ3) is 2.81. The van der Waals surface area contributed by atoms with Crippen LogP contribution in [0.5, 0.6) is 0 Å². The van der Waals surface area contributed by atoms with Crippen molar-refractivity contribution >= 4 is 5.91 Å². The van der Waals surface area contributed by atoms with Crippen molar-refractivity contribution in [1.29, 1.82) is 0 Å². The molecule has 0 unspecified atom stereocenters. The maximum Gasteiger partial charge on any atom is 0.269 e. The molecule has 0 bridgehead atoms. The summed E-state index contributed by atoms with van der Waals surface area (Å²) in [5.74, 6) is -0.137. The molecule has 1 amide bonds. The number of rotatable bonds is 4. The van der Waals surface area contributed by atoms with Crippen LogP contribution < -0.4 is 11.1 Å². The van der Waals surface area contributed by atoms with Gasteiger partial charge in [0.05, 0.1) is 0 Å². The van der Waals surface area contributed by atoms with Crippen molar-refractivity contribution in [1.82, 2.24) is 10.3 Å². The maximum absolute atomic E-state index is 11.5. The number of aromatic nitrogens is 1. The smallest absolute Gasteiger partial charge is 0.269 e. The minimum atomic E-state index is -0.137. The lowest BCUT2D eigenvalue weighted by Crippen LogP contribution is -2.25. The van der Waals surface area contributed by atoms with Crippen molar-refractivity contribution < 1.29 is 4.79 Å². The summed E-state index contributed by atoms with van der Waals surface area (Å²) >= 11 is 0. The number of nitrogens with one attached hydrogen (secondary N) is 1. The molecule has 3 N–H and O–H groups in total. The zero-order valence-electron chi connectivity index (χ0n) is 8.29. The fourth-order valence-electron chi connectivity index (χ4n) is 1.05. The van der Waals surface area contributed by atoms with Crippen LogP contribution in [0.15, 0.2) is 18.3 Å². The first-order chi connectivity index (χ1) is 6.77. The molecule has 0 atom stereocenters. The van der Waals surface area contributed by atoms with Crippen molar-refractivity contribution in [3.05, 3.63) is 29.6 Å². The Morgan fingerprint density at radius 2 is 2.43 bits per heavy atom. The van der Waals surface area contributed by atoms with E-state index in [-0.39, 0.29) is 5.91 Å². The van der Waals surface area contributed by atoms with E-state index in [0.29, 0.717) is 18.8 Å². The van der Waals surface area contributed by atoms with Gasteiger partial charge in [-0.1, -0.05) is 6.92 Å². The van der Waals surface area contributed by atoms with Gasteiger partial charge in [0.15, 0.2) is 0 Å². The van der Waals surface area contributed by atoms with Gasteiger partial charge in [0.2, 0.25) is 0 Å². The Labute approximate surface area is 83.5 Å². The number of hydrogen-bond donors (Lipinski definition) is 2. The fourth-order valence-corrected chi connectivity index (χ4v) is 1.05. The summed E-state index contributed by atoms with van der Waals surface area (Å²) in [5, 5.41) is 2.76. The SMILES string of the molecule is CCCNC(=O)c1cc(CN)ccn1. The van der Waals surface area contributed by atoms with Gasteiger partial charge >= 0.3 is 0 Å². The van der Waals surface area contributed by atoms with Gasteiger partial charge in [-0.2, -0.15) is 0 Å². The Bertz CT molecular complexity index is 312. The molecule has 0 spiro atoms. The molecule has 0 aromatic carbocycles. The predicted octanol–water partition coefficient (Wildman–Crippen LogP) is 0.680. The van der Waals surface area contributed by atoms with Gasteiger partial charge in [-0.25, -0.2) is 0 Å². The molecule has 0 aliphatic heterocycles. The first-order valence-corrected chi connectivity index (χ1v) is 4.71. The van der Waals surface area contributed by atoms with E-state index in [1.165, 1.54) is 0 Å². The molecule has 4 nitrogen and oxygen atoms in total. The molecule has 0 aliphatic rings. The molecular formula is C10H15N3O. The summed E-state index contributed by atoms with van der Waals surface area (Å²) in [6.07, 6.45) is 2.52. The molecular weight excluding hydrogens is 178 g/mol. The quantitative estimate of drug-likeness (QED) is 0.738. The summed E-state index contributed by atoms with van der Waals surface area (Å²) in [5.41, 5.74) is 6.81. The summed E-state index contributed by atoms with van der Waals surface area (Å²) < 4.78 is 0. The Balaban J connectivity index is 2.69. The summed E-state index contributed by atoms with van der Waals surface area (Å²) in [7, 11) is 0. The average molecular weight is 193 g/mol. The van der Waals surface area contributed by atoms with E-state index in [9.17, 15) is 4.79 Å². The lowest BCUT2D eigenvalue weighted by molar-refractivity contribution is 0.0948. The minimum absolute atomic E-state index is 0.137. The van der Waals surface area contributed by atoms with Crippen LogP contribution in [0, 0.1) is 0 Å². The molecule has 1 aromatic rings. The van der Waals surface area contributed by atoms with Crippen molar-refractivity contribution in [2.45, 2.75) is 19.9 Å². The van der Waals surface area contributed by atoms with Gasteiger partial charge in [-0.3, -0.25) is 9.78 Å². The van der Waals surface area contributed by atoms with Gasteiger partial charge in [0.25, 0.3) is 5.91 Å². The second-order valence-corrected chi connectivity index (χ2v) is 3.01. The molecule has 76 valence electrons.